The Morgan fingerprint density at radius 2 is 1.96 bits per heavy atom. The molecular formula is C23H25N3O. The molecule has 3 aromatic rings. The molecule has 138 valence electrons. The molecular weight excluding hydrogens is 334 g/mol. The molecule has 1 N–H and O–H groups in total. The molecule has 2 aromatic heterocycles. The van der Waals surface area contributed by atoms with Gasteiger partial charge in [-0.25, -0.2) is 0 Å². The second-order valence-corrected chi connectivity index (χ2v) is 8.22. The predicted octanol–water partition coefficient (Wildman–Crippen LogP) is 3.67. The lowest BCUT2D eigenvalue weighted by Gasteiger charge is -2.31. The van der Waals surface area contributed by atoms with Crippen LogP contribution in [0.2, 0.25) is 0 Å². The van der Waals surface area contributed by atoms with Crippen LogP contribution >= 0.6 is 0 Å². The van der Waals surface area contributed by atoms with Gasteiger partial charge in [0.1, 0.15) is 5.60 Å². The zero-order chi connectivity index (χ0) is 18.4. The number of pyridine rings is 2. The van der Waals surface area contributed by atoms with Crippen LogP contribution in [0.3, 0.4) is 0 Å². The fraction of sp³-hybridized carbons (Fsp3) is 0.391. The maximum absolute atomic E-state index is 11.5. The van der Waals surface area contributed by atoms with E-state index in [0.29, 0.717) is 5.92 Å². The third-order valence-corrected chi connectivity index (χ3v) is 6.52. The Bertz CT molecular complexity index is 988. The molecule has 1 saturated carbocycles. The topological polar surface area (TPSA) is 49.3 Å². The molecule has 2 fully saturated rings. The van der Waals surface area contributed by atoms with E-state index >= 15 is 0 Å². The smallest absolute Gasteiger partial charge is 0.111 e. The summed E-state index contributed by atoms with van der Waals surface area (Å²) in [5.41, 5.74) is 3.56. The molecule has 0 unspecified atom stereocenters. The number of benzene rings is 1. The summed E-state index contributed by atoms with van der Waals surface area (Å²) in [7, 11) is 0. The number of rotatable bonds is 3. The summed E-state index contributed by atoms with van der Waals surface area (Å²) >= 11 is 0. The van der Waals surface area contributed by atoms with Crippen molar-refractivity contribution in [1.29, 1.82) is 0 Å². The van der Waals surface area contributed by atoms with Gasteiger partial charge in [0.15, 0.2) is 0 Å². The lowest BCUT2D eigenvalue weighted by molar-refractivity contribution is -0.0114. The van der Waals surface area contributed by atoms with E-state index in [4.69, 9.17) is 0 Å². The predicted molar refractivity (Wildman–Crippen MR) is 106 cm³/mol. The Morgan fingerprint density at radius 3 is 2.85 bits per heavy atom. The number of likely N-dealkylation sites (tertiary alicyclic amines) is 1. The van der Waals surface area contributed by atoms with E-state index in [2.05, 4.69) is 52.1 Å². The highest BCUT2D eigenvalue weighted by Crippen LogP contribution is 2.50. The summed E-state index contributed by atoms with van der Waals surface area (Å²) in [5, 5.41) is 12.7. The van der Waals surface area contributed by atoms with Crippen LogP contribution in [0.4, 0.5) is 0 Å². The van der Waals surface area contributed by atoms with E-state index in [9.17, 15) is 5.11 Å². The lowest BCUT2D eigenvalue weighted by atomic mass is 9.83. The third-order valence-electron chi connectivity index (χ3n) is 6.52. The fourth-order valence-corrected chi connectivity index (χ4v) is 5.23. The largest absolute Gasteiger partial charge is 0.383 e. The Morgan fingerprint density at radius 1 is 1.11 bits per heavy atom. The van der Waals surface area contributed by atoms with Crippen LogP contribution in [-0.2, 0) is 12.1 Å². The third kappa shape index (κ3) is 2.84. The molecule has 1 saturated heterocycles. The molecule has 1 aliphatic heterocycles. The molecule has 4 nitrogen and oxygen atoms in total. The van der Waals surface area contributed by atoms with Gasteiger partial charge in [-0.05, 0) is 61.1 Å². The molecule has 3 heterocycles. The molecule has 0 bridgehead atoms. The highest BCUT2D eigenvalue weighted by atomic mass is 16.3. The first-order valence-electron chi connectivity index (χ1n) is 9.84. The summed E-state index contributed by atoms with van der Waals surface area (Å²) in [4.78, 5) is 11.5. The first-order chi connectivity index (χ1) is 13.1. The minimum atomic E-state index is -0.780. The molecule has 0 amide bonds. The van der Waals surface area contributed by atoms with Crippen molar-refractivity contribution in [3.63, 3.8) is 0 Å². The van der Waals surface area contributed by atoms with E-state index in [-0.39, 0.29) is 5.92 Å². The van der Waals surface area contributed by atoms with Crippen LogP contribution in [0.5, 0.6) is 0 Å². The second kappa shape index (κ2) is 6.39. The molecule has 1 aromatic carbocycles. The highest BCUT2D eigenvalue weighted by Gasteiger charge is 2.53. The van der Waals surface area contributed by atoms with E-state index in [1.807, 2.05) is 24.5 Å². The van der Waals surface area contributed by atoms with Gasteiger partial charge in [-0.15, -0.1) is 0 Å². The highest BCUT2D eigenvalue weighted by molar-refractivity contribution is 5.78. The summed E-state index contributed by atoms with van der Waals surface area (Å²) in [6.07, 6.45) is 5.55. The summed E-state index contributed by atoms with van der Waals surface area (Å²) in [5.74, 6) is 0.826. The van der Waals surface area contributed by atoms with Gasteiger partial charge in [-0.1, -0.05) is 18.2 Å². The Kier molecular flexibility index (Phi) is 3.99. The van der Waals surface area contributed by atoms with E-state index in [1.165, 1.54) is 10.9 Å². The minimum absolute atomic E-state index is 0.272. The van der Waals surface area contributed by atoms with E-state index in [0.717, 1.165) is 49.2 Å². The van der Waals surface area contributed by atoms with Gasteiger partial charge in [0.05, 0.1) is 11.2 Å². The zero-order valence-corrected chi connectivity index (χ0v) is 15.7. The average molecular weight is 359 g/mol. The Balaban J connectivity index is 1.37. The van der Waals surface area contributed by atoms with Gasteiger partial charge < -0.3 is 5.11 Å². The zero-order valence-electron chi connectivity index (χ0n) is 15.7. The van der Waals surface area contributed by atoms with E-state index < -0.39 is 5.60 Å². The van der Waals surface area contributed by atoms with Crippen molar-refractivity contribution in [3.05, 3.63) is 71.7 Å². The van der Waals surface area contributed by atoms with Gasteiger partial charge in [0, 0.05) is 43.3 Å². The SMILES string of the molecule is Cc1cccnc1[C@]1(O)CC[C@H]2CN(Cc3ccc4ncccc4c3)C[C@H]21. The molecule has 3 atom stereocenters. The number of aliphatic hydroxyl groups is 1. The fourth-order valence-electron chi connectivity index (χ4n) is 5.23. The van der Waals surface area contributed by atoms with Gasteiger partial charge in [-0.2, -0.15) is 0 Å². The number of aryl methyl sites for hydroxylation is 1. The van der Waals surface area contributed by atoms with Crippen LogP contribution in [0, 0.1) is 18.8 Å². The number of nitrogens with zero attached hydrogens (tertiary/aromatic N) is 3. The van der Waals surface area contributed by atoms with Gasteiger partial charge in [-0.3, -0.25) is 14.9 Å². The second-order valence-electron chi connectivity index (χ2n) is 8.22. The maximum atomic E-state index is 11.5. The van der Waals surface area contributed by atoms with E-state index in [1.54, 1.807) is 0 Å². The molecule has 0 spiro atoms. The van der Waals surface area contributed by atoms with Crippen molar-refractivity contribution in [3.8, 4) is 0 Å². The number of hydrogen-bond donors (Lipinski definition) is 1. The van der Waals surface area contributed by atoms with Crippen LogP contribution in [0.25, 0.3) is 10.9 Å². The van der Waals surface area contributed by atoms with Crippen LogP contribution in [0.15, 0.2) is 54.9 Å². The van der Waals surface area contributed by atoms with Crippen molar-refractivity contribution in [1.82, 2.24) is 14.9 Å². The molecule has 4 heteroatoms. The first kappa shape index (κ1) is 16.8. The standard InChI is InChI=1S/C23H25N3O/c1-16-4-2-11-25-22(16)23(27)9-8-19-14-26(15-20(19)23)13-17-6-7-21-18(12-17)5-3-10-24-21/h2-7,10-12,19-20,27H,8-9,13-15H2,1H3/t19-,20+,23-/m0/s1. The average Bonchev–Trinajstić information content (AvgIpc) is 3.22. The first-order valence-corrected chi connectivity index (χ1v) is 9.84. The van der Waals surface area contributed by atoms with Crippen molar-refractivity contribution < 1.29 is 5.11 Å². The molecule has 2 aliphatic rings. The van der Waals surface area contributed by atoms with Crippen molar-refractivity contribution in [2.45, 2.75) is 31.9 Å². The summed E-state index contributed by atoms with van der Waals surface area (Å²) in [6.45, 7) is 4.98. The van der Waals surface area contributed by atoms with Crippen molar-refractivity contribution >= 4 is 10.9 Å². The normalized spacial score (nSPS) is 27.9. The molecule has 1 aliphatic carbocycles. The van der Waals surface area contributed by atoms with Gasteiger partial charge in [0.2, 0.25) is 0 Å². The van der Waals surface area contributed by atoms with Gasteiger partial charge >= 0.3 is 0 Å². The van der Waals surface area contributed by atoms with Gasteiger partial charge in [0.25, 0.3) is 0 Å². The van der Waals surface area contributed by atoms with Crippen LogP contribution in [0.1, 0.15) is 29.7 Å². The monoisotopic (exact) mass is 359 g/mol. The summed E-state index contributed by atoms with van der Waals surface area (Å²) in [6, 6.07) is 14.6. The van der Waals surface area contributed by atoms with Crippen LogP contribution in [-0.4, -0.2) is 33.1 Å². The summed E-state index contributed by atoms with van der Waals surface area (Å²) < 4.78 is 0. The van der Waals surface area contributed by atoms with Crippen LogP contribution < -0.4 is 0 Å². The number of aromatic nitrogens is 2. The number of fused-ring (bicyclic) bond motifs is 2. The van der Waals surface area contributed by atoms with Crippen molar-refractivity contribution in [2.75, 3.05) is 13.1 Å². The minimum Gasteiger partial charge on any atom is -0.383 e. The Hall–Kier alpha value is -2.30. The molecule has 5 rings (SSSR count). The quantitative estimate of drug-likeness (QED) is 0.775. The molecule has 27 heavy (non-hydrogen) atoms. The molecule has 0 radical (unpaired) electrons. The Labute approximate surface area is 159 Å². The van der Waals surface area contributed by atoms with Crippen molar-refractivity contribution in [2.24, 2.45) is 11.8 Å². The lowest BCUT2D eigenvalue weighted by Crippen LogP contribution is -2.36. The number of hydrogen-bond acceptors (Lipinski definition) is 4. The maximum Gasteiger partial charge on any atom is 0.111 e.